The van der Waals surface area contributed by atoms with Gasteiger partial charge < -0.3 is 11.3 Å². The summed E-state index contributed by atoms with van der Waals surface area (Å²) in [6.45, 7) is -0.000483. The van der Waals surface area contributed by atoms with E-state index >= 15 is 0 Å². The van der Waals surface area contributed by atoms with Gasteiger partial charge in [-0.15, -0.1) is 0 Å². The molecule has 116 valence electrons. The van der Waals surface area contributed by atoms with Crippen molar-refractivity contribution in [3.05, 3.63) is 39.9 Å². The van der Waals surface area contributed by atoms with Crippen molar-refractivity contribution >= 4 is 29.7 Å². The number of carboxylic acids is 1. The second-order valence-electron chi connectivity index (χ2n) is 3.95. The molecular formula is C12H15N2NaO6S. The third-order valence-corrected chi connectivity index (χ3v) is 3.11. The van der Waals surface area contributed by atoms with E-state index in [2.05, 4.69) is 4.72 Å². The number of ether oxygens (including phenoxy) is 1. The van der Waals surface area contributed by atoms with Crippen LogP contribution < -0.4 is 34.3 Å². The van der Waals surface area contributed by atoms with Gasteiger partial charge in [0.1, 0.15) is 6.61 Å². The first-order valence-corrected chi connectivity index (χ1v) is 6.97. The maximum atomic E-state index is 11.3. The van der Waals surface area contributed by atoms with Crippen LogP contribution in [0, 0.1) is 10.1 Å². The van der Waals surface area contributed by atoms with Gasteiger partial charge in [-0.3, -0.25) is 19.6 Å². The molecule has 0 aromatic heterocycles. The molecule has 0 radical (unpaired) electrons. The molecule has 1 aromatic carbocycles. The molecule has 0 saturated heterocycles. The first-order chi connectivity index (χ1) is 9.99. The molecule has 1 amide bonds. The van der Waals surface area contributed by atoms with E-state index in [1.165, 1.54) is 24.3 Å². The summed E-state index contributed by atoms with van der Waals surface area (Å²) in [5.41, 5.74) is 0.601. The van der Waals surface area contributed by atoms with Crippen molar-refractivity contribution in [2.24, 2.45) is 0 Å². The molecule has 0 heterocycles. The van der Waals surface area contributed by atoms with Gasteiger partial charge in [-0.1, -0.05) is 0 Å². The summed E-state index contributed by atoms with van der Waals surface area (Å²) in [7, 11) is 0. The Morgan fingerprint density at radius 3 is 2.55 bits per heavy atom. The van der Waals surface area contributed by atoms with E-state index < -0.39 is 17.0 Å². The van der Waals surface area contributed by atoms with Gasteiger partial charge in [0.25, 0.3) is 5.69 Å². The molecule has 0 bridgehead atoms. The molecule has 0 aliphatic rings. The Labute approximate surface area is 154 Å². The zero-order valence-electron chi connectivity index (χ0n) is 13.0. The fourth-order valence-corrected chi connectivity index (χ4v) is 1.87. The minimum Gasteiger partial charge on any atom is -1.00 e. The van der Waals surface area contributed by atoms with Gasteiger partial charge in [0.2, 0.25) is 0 Å². The van der Waals surface area contributed by atoms with Gasteiger partial charge in [0.05, 0.1) is 4.92 Å². The number of hydrogen-bond donors (Lipinski definition) is 2. The SMILES string of the molecule is O=C(O)CCCSNC(=O)OCc1ccc([N+](=O)[O-])cc1.[H-].[Na+]. The van der Waals surface area contributed by atoms with Crippen LogP contribution in [0.1, 0.15) is 19.8 Å². The van der Waals surface area contributed by atoms with Crippen LogP contribution in [0.15, 0.2) is 24.3 Å². The maximum Gasteiger partial charge on any atom is 1.00 e. The summed E-state index contributed by atoms with van der Waals surface area (Å²) >= 11 is 1.07. The molecular weight excluding hydrogens is 323 g/mol. The summed E-state index contributed by atoms with van der Waals surface area (Å²) in [5.74, 6) is -0.407. The van der Waals surface area contributed by atoms with Gasteiger partial charge in [-0.25, -0.2) is 4.79 Å². The molecule has 0 spiro atoms. The van der Waals surface area contributed by atoms with Crippen molar-refractivity contribution in [3.8, 4) is 0 Å². The molecule has 0 unspecified atom stereocenters. The largest absolute Gasteiger partial charge is 1.00 e. The van der Waals surface area contributed by atoms with Gasteiger partial charge in [0, 0.05) is 24.3 Å². The Morgan fingerprint density at radius 2 is 2.00 bits per heavy atom. The number of nitro groups is 1. The van der Waals surface area contributed by atoms with E-state index in [4.69, 9.17) is 9.84 Å². The number of aliphatic carboxylic acids is 1. The van der Waals surface area contributed by atoms with Crippen LogP contribution in [0.2, 0.25) is 0 Å². The Morgan fingerprint density at radius 1 is 1.36 bits per heavy atom. The number of hydrogen-bond acceptors (Lipinski definition) is 6. The van der Waals surface area contributed by atoms with Crippen LogP contribution in [0.4, 0.5) is 10.5 Å². The zero-order valence-corrected chi connectivity index (χ0v) is 14.8. The van der Waals surface area contributed by atoms with Gasteiger partial charge >= 0.3 is 41.6 Å². The predicted molar refractivity (Wildman–Crippen MR) is 76.9 cm³/mol. The smallest absolute Gasteiger partial charge is 1.00 e. The first kappa shape index (κ1) is 20.7. The topological polar surface area (TPSA) is 119 Å². The molecule has 0 aliphatic heterocycles. The molecule has 0 atom stereocenters. The number of nitrogens with one attached hydrogen (secondary N) is 1. The van der Waals surface area contributed by atoms with Crippen LogP contribution >= 0.6 is 11.9 Å². The molecule has 1 rings (SSSR count). The number of carbonyl (C=O) groups is 2. The number of carbonyl (C=O) groups excluding carboxylic acids is 1. The van der Waals surface area contributed by atoms with E-state index in [1.807, 2.05) is 0 Å². The van der Waals surface area contributed by atoms with Crippen molar-refractivity contribution in [2.75, 3.05) is 5.75 Å². The van der Waals surface area contributed by atoms with E-state index in [0.29, 0.717) is 17.7 Å². The summed E-state index contributed by atoms with van der Waals surface area (Å²) in [4.78, 5) is 31.5. The third kappa shape index (κ3) is 8.88. The Balaban J connectivity index is 0. The predicted octanol–water partition coefficient (Wildman–Crippen LogP) is -0.549. The summed E-state index contributed by atoms with van der Waals surface area (Å²) in [6, 6.07) is 5.67. The zero-order chi connectivity index (χ0) is 15.7. The minimum atomic E-state index is -0.878. The van der Waals surface area contributed by atoms with E-state index in [0.717, 1.165) is 11.9 Å². The summed E-state index contributed by atoms with van der Waals surface area (Å²) in [5, 5.41) is 18.9. The molecule has 1 aromatic rings. The molecule has 0 aliphatic carbocycles. The first-order valence-electron chi connectivity index (χ1n) is 5.98. The van der Waals surface area contributed by atoms with Crippen molar-refractivity contribution in [1.29, 1.82) is 0 Å². The normalized spacial score (nSPS) is 9.45. The van der Waals surface area contributed by atoms with Gasteiger partial charge in [0.15, 0.2) is 0 Å². The fourth-order valence-electron chi connectivity index (χ4n) is 1.30. The minimum absolute atomic E-state index is 0. The van der Waals surface area contributed by atoms with E-state index in [-0.39, 0.29) is 49.7 Å². The summed E-state index contributed by atoms with van der Waals surface area (Å²) in [6.07, 6.45) is -0.150. The second kappa shape index (κ2) is 11.3. The van der Waals surface area contributed by atoms with E-state index in [9.17, 15) is 19.7 Å². The number of non-ortho nitro benzene ring substituents is 1. The molecule has 8 nitrogen and oxygen atoms in total. The molecule has 10 heteroatoms. The van der Waals surface area contributed by atoms with Crippen LogP contribution in [0.25, 0.3) is 0 Å². The number of benzene rings is 1. The number of carboxylic acid groups (broad SMARTS) is 1. The Hall–Kier alpha value is -1.29. The van der Waals surface area contributed by atoms with Crippen molar-refractivity contribution in [3.63, 3.8) is 0 Å². The van der Waals surface area contributed by atoms with Crippen LogP contribution in [0.5, 0.6) is 0 Å². The number of nitrogens with zero attached hydrogens (tertiary/aromatic N) is 1. The molecule has 22 heavy (non-hydrogen) atoms. The van der Waals surface area contributed by atoms with Gasteiger partial charge in [-0.05, 0) is 36.1 Å². The standard InChI is InChI=1S/C12H14N2O6S.Na.H/c15-11(16)2-1-7-21-13-12(17)20-8-9-3-5-10(6-4-9)14(18)19;;/h3-6H,1-2,7-8H2,(H,13,17)(H,15,16);;/q;+1;-1. The monoisotopic (exact) mass is 338 g/mol. The second-order valence-corrected chi connectivity index (χ2v) is 4.85. The van der Waals surface area contributed by atoms with Crippen LogP contribution in [-0.2, 0) is 16.1 Å². The Kier molecular flexibility index (Phi) is 10.6. The van der Waals surface area contributed by atoms with Crippen molar-refractivity contribution in [2.45, 2.75) is 19.4 Å². The average molecular weight is 338 g/mol. The quantitative estimate of drug-likeness (QED) is 0.215. The molecule has 2 N–H and O–H groups in total. The molecule has 0 saturated carbocycles. The number of nitro benzene ring substituents is 1. The Bertz CT molecular complexity index is 517. The van der Waals surface area contributed by atoms with Crippen LogP contribution in [-0.4, -0.2) is 27.8 Å². The average Bonchev–Trinajstić information content (AvgIpc) is 2.44. The summed E-state index contributed by atoms with van der Waals surface area (Å²) < 4.78 is 7.31. The van der Waals surface area contributed by atoms with Crippen molar-refractivity contribution < 1.29 is 55.3 Å². The maximum absolute atomic E-state index is 11.3. The van der Waals surface area contributed by atoms with E-state index in [1.54, 1.807) is 0 Å². The molecule has 0 fully saturated rings. The van der Waals surface area contributed by atoms with Crippen molar-refractivity contribution in [1.82, 2.24) is 4.72 Å². The van der Waals surface area contributed by atoms with Crippen LogP contribution in [0.3, 0.4) is 0 Å². The third-order valence-electron chi connectivity index (χ3n) is 2.31. The number of rotatable bonds is 8. The number of amides is 1. The van der Waals surface area contributed by atoms with Gasteiger partial charge in [-0.2, -0.15) is 0 Å². The fraction of sp³-hybridized carbons (Fsp3) is 0.333.